The number of carboxylic acids is 1. The Morgan fingerprint density at radius 2 is 1.84 bits per heavy atom. The van der Waals surface area contributed by atoms with Gasteiger partial charge in [-0.3, -0.25) is 4.79 Å². The smallest absolute Gasteiger partial charge is 0.382 e. The van der Waals surface area contributed by atoms with E-state index in [0.29, 0.717) is 31.1 Å². The van der Waals surface area contributed by atoms with Gasteiger partial charge in [-0.25, -0.2) is 4.79 Å². The van der Waals surface area contributed by atoms with Crippen molar-refractivity contribution in [3.8, 4) is 0 Å². The Kier molecular flexibility index (Phi) is 3.49. The molecule has 1 N–H and O–H groups in total. The summed E-state index contributed by atoms with van der Waals surface area (Å²) in [6.07, 6.45) is 2.70. The molecule has 0 spiro atoms. The maximum absolute atomic E-state index is 14.3. The summed E-state index contributed by atoms with van der Waals surface area (Å²) >= 11 is 0. The van der Waals surface area contributed by atoms with Gasteiger partial charge in [0, 0.05) is 0 Å². The molecule has 6 rings (SSSR count). The summed E-state index contributed by atoms with van der Waals surface area (Å²) < 4.78 is 33.7. The Hall–Kier alpha value is -2.24. The molecule has 4 nitrogen and oxygen atoms in total. The van der Waals surface area contributed by atoms with Gasteiger partial charge in [0.1, 0.15) is 0 Å². The number of carbonyl (C=O) groups excluding carboxylic acids is 1. The van der Waals surface area contributed by atoms with Crippen LogP contribution in [0.3, 0.4) is 0 Å². The number of alkyl halides is 2. The number of aliphatic carboxylic acids is 1. The second-order valence-corrected chi connectivity index (χ2v) is 7.35. The van der Waals surface area contributed by atoms with Crippen LogP contribution in [0.1, 0.15) is 37.4 Å². The zero-order valence-corrected chi connectivity index (χ0v) is 13.5. The van der Waals surface area contributed by atoms with Crippen molar-refractivity contribution < 1.29 is 28.2 Å². The van der Waals surface area contributed by atoms with Crippen LogP contribution in [0.2, 0.25) is 0 Å². The van der Waals surface area contributed by atoms with Crippen LogP contribution in [0.5, 0.6) is 0 Å². The van der Waals surface area contributed by atoms with Crippen LogP contribution in [-0.4, -0.2) is 23.0 Å². The highest BCUT2D eigenvalue weighted by atomic mass is 19.3. The van der Waals surface area contributed by atoms with Gasteiger partial charge in [0.2, 0.25) is 6.10 Å². The number of esters is 1. The molecule has 3 fully saturated rings. The maximum atomic E-state index is 14.3. The molecular formula is C19H18F2O4. The number of fused-ring (bicyclic) bond motifs is 1. The lowest BCUT2D eigenvalue weighted by Crippen LogP contribution is -2.52. The van der Waals surface area contributed by atoms with E-state index in [-0.39, 0.29) is 5.56 Å². The number of hydrogen-bond acceptors (Lipinski definition) is 3. The summed E-state index contributed by atoms with van der Waals surface area (Å²) in [5.41, 5.74) is 0.592. The van der Waals surface area contributed by atoms with Gasteiger partial charge in [-0.15, -0.1) is 0 Å². The van der Waals surface area contributed by atoms with E-state index in [1.54, 1.807) is 6.07 Å². The van der Waals surface area contributed by atoms with Gasteiger partial charge in [-0.1, -0.05) is 42.0 Å². The molecule has 3 unspecified atom stereocenters. The van der Waals surface area contributed by atoms with Gasteiger partial charge in [-0.2, -0.15) is 8.78 Å². The molecule has 3 saturated carbocycles. The highest BCUT2D eigenvalue weighted by molar-refractivity contribution is 5.81. The number of carbonyl (C=O) groups is 2. The van der Waals surface area contributed by atoms with E-state index in [9.17, 15) is 18.4 Å². The lowest BCUT2D eigenvalue weighted by atomic mass is 9.48. The topological polar surface area (TPSA) is 63.6 Å². The molecule has 0 aliphatic heterocycles. The predicted octanol–water partition coefficient (Wildman–Crippen LogP) is 3.74. The van der Waals surface area contributed by atoms with E-state index in [4.69, 9.17) is 9.84 Å². The molecular weight excluding hydrogens is 330 g/mol. The normalized spacial score (nSPS) is 30.9. The van der Waals surface area contributed by atoms with E-state index in [1.807, 2.05) is 6.08 Å². The first-order valence-corrected chi connectivity index (χ1v) is 8.41. The molecule has 6 heteroatoms. The van der Waals surface area contributed by atoms with Crippen molar-refractivity contribution in [2.75, 3.05) is 0 Å². The minimum absolute atomic E-state index is 0.0207. The van der Waals surface area contributed by atoms with Crippen LogP contribution < -0.4 is 0 Å². The molecule has 0 aromatic heterocycles. The summed E-state index contributed by atoms with van der Waals surface area (Å²) in [6, 6.07) is 7.35. The van der Waals surface area contributed by atoms with Gasteiger partial charge < -0.3 is 9.84 Å². The first-order chi connectivity index (χ1) is 11.8. The standard InChI is InChI=1S/C19H18F2O4/c20-19(21,16(22)23)15(11-4-2-1-3-5-11)25-17(24)18-7-6-14-12(9-18)8-13(14)10-18/h1-6,12-13,15H,7-10H2,(H,22,23). The molecule has 3 atom stereocenters. The highest BCUT2D eigenvalue weighted by Crippen LogP contribution is 2.63. The molecule has 1 aromatic carbocycles. The average Bonchev–Trinajstić information content (AvgIpc) is 2.60. The number of ether oxygens (including phenoxy) is 1. The van der Waals surface area contributed by atoms with Crippen LogP contribution in [0.25, 0.3) is 0 Å². The largest absolute Gasteiger partial charge is 0.477 e. The number of allylic oxidation sites excluding steroid dienone is 2. The van der Waals surface area contributed by atoms with Crippen molar-refractivity contribution in [3.63, 3.8) is 0 Å². The fourth-order valence-electron chi connectivity index (χ4n) is 4.60. The third kappa shape index (κ3) is 2.38. The summed E-state index contributed by atoms with van der Waals surface area (Å²) in [5.74, 6) is -6.48. The second kappa shape index (κ2) is 5.38. The summed E-state index contributed by atoms with van der Waals surface area (Å²) in [5, 5.41) is 8.92. The van der Waals surface area contributed by atoms with Crippen LogP contribution >= 0.6 is 0 Å². The highest BCUT2D eigenvalue weighted by Gasteiger charge is 2.59. The molecule has 0 saturated heterocycles. The van der Waals surface area contributed by atoms with Gasteiger partial charge >= 0.3 is 17.9 Å². The van der Waals surface area contributed by atoms with Crippen LogP contribution in [-0.2, 0) is 14.3 Å². The first kappa shape index (κ1) is 16.2. The van der Waals surface area contributed by atoms with Crippen LogP contribution in [0.15, 0.2) is 42.0 Å². The third-order valence-electron chi connectivity index (χ3n) is 5.89. The summed E-state index contributed by atoms with van der Waals surface area (Å²) in [7, 11) is 0. The number of hydrogen-bond donors (Lipinski definition) is 1. The van der Waals surface area contributed by atoms with E-state index in [1.165, 1.54) is 29.8 Å². The predicted molar refractivity (Wildman–Crippen MR) is 83.8 cm³/mol. The van der Waals surface area contributed by atoms with E-state index < -0.39 is 29.4 Å². The lowest BCUT2D eigenvalue weighted by Gasteiger charge is -2.56. The number of rotatable bonds is 5. The van der Waals surface area contributed by atoms with Gasteiger partial charge in [0.15, 0.2) is 0 Å². The van der Waals surface area contributed by atoms with Gasteiger partial charge in [0.05, 0.1) is 5.41 Å². The summed E-state index contributed by atoms with van der Waals surface area (Å²) in [4.78, 5) is 23.9. The van der Waals surface area contributed by atoms with E-state index in [2.05, 4.69) is 0 Å². The molecule has 0 amide bonds. The van der Waals surface area contributed by atoms with Crippen molar-refractivity contribution in [2.24, 2.45) is 17.3 Å². The minimum atomic E-state index is -4.19. The fraction of sp³-hybridized carbons (Fsp3) is 0.474. The minimum Gasteiger partial charge on any atom is -0.477 e. The molecule has 0 heterocycles. The Bertz CT molecular complexity index is 742. The van der Waals surface area contributed by atoms with Crippen molar-refractivity contribution >= 4 is 11.9 Å². The zero-order chi connectivity index (χ0) is 17.8. The molecule has 4 bridgehead atoms. The Morgan fingerprint density at radius 3 is 2.40 bits per heavy atom. The molecule has 5 aliphatic carbocycles. The molecule has 1 aromatic rings. The first-order valence-electron chi connectivity index (χ1n) is 8.41. The average molecular weight is 348 g/mol. The fourth-order valence-corrected chi connectivity index (χ4v) is 4.60. The second-order valence-electron chi connectivity index (χ2n) is 7.35. The Balaban J connectivity index is 1.62. The van der Waals surface area contributed by atoms with Crippen molar-refractivity contribution in [3.05, 3.63) is 47.5 Å². The number of halogens is 2. The summed E-state index contributed by atoms with van der Waals surface area (Å²) in [6.45, 7) is 0. The van der Waals surface area contributed by atoms with Gasteiger partial charge in [-0.05, 0) is 43.1 Å². The molecule has 25 heavy (non-hydrogen) atoms. The van der Waals surface area contributed by atoms with Crippen LogP contribution in [0.4, 0.5) is 8.78 Å². The molecule has 132 valence electrons. The molecule has 5 aliphatic rings. The van der Waals surface area contributed by atoms with E-state index >= 15 is 0 Å². The number of carboxylic acid groups (broad SMARTS) is 1. The van der Waals surface area contributed by atoms with Crippen molar-refractivity contribution in [2.45, 2.75) is 37.7 Å². The van der Waals surface area contributed by atoms with Gasteiger partial charge in [0.25, 0.3) is 0 Å². The lowest BCUT2D eigenvalue weighted by molar-refractivity contribution is -0.203. The zero-order valence-electron chi connectivity index (χ0n) is 13.5. The quantitative estimate of drug-likeness (QED) is 0.650. The molecule has 0 radical (unpaired) electrons. The third-order valence-corrected chi connectivity index (χ3v) is 5.89. The monoisotopic (exact) mass is 348 g/mol. The Morgan fingerprint density at radius 1 is 1.20 bits per heavy atom. The van der Waals surface area contributed by atoms with E-state index in [0.717, 1.165) is 6.42 Å². The van der Waals surface area contributed by atoms with Crippen LogP contribution in [0, 0.1) is 17.3 Å². The van der Waals surface area contributed by atoms with Crippen molar-refractivity contribution in [1.29, 1.82) is 0 Å². The maximum Gasteiger partial charge on any atom is 0.382 e. The van der Waals surface area contributed by atoms with Crippen molar-refractivity contribution in [1.82, 2.24) is 0 Å². The number of benzene rings is 1. The SMILES string of the molecule is O=C(OC(c1ccccc1)C(F)(F)C(=O)O)C12CC=C3C(CC3C1)C2. The Labute approximate surface area is 143 Å².